The molecule has 1 fully saturated rings. The van der Waals surface area contributed by atoms with Gasteiger partial charge in [0.2, 0.25) is 0 Å². The van der Waals surface area contributed by atoms with Crippen LogP contribution in [-0.2, 0) is 0 Å². The zero-order valence-corrected chi connectivity index (χ0v) is 19.3. The van der Waals surface area contributed by atoms with Gasteiger partial charge in [-0.1, -0.05) is 76.0 Å². The van der Waals surface area contributed by atoms with Crippen LogP contribution in [0.2, 0.25) is 0 Å². The quantitative estimate of drug-likeness (QED) is 0.380. The molecule has 30 heavy (non-hydrogen) atoms. The second-order valence-electron chi connectivity index (χ2n) is 8.28. The molecule has 1 aliphatic rings. The minimum Gasteiger partial charge on any atom is -0.387 e. The van der Waals surface area contributed by atoms with Crippen LogP contribution in [-0.4, -0.2) is 22.7 Å². The molecule has 1 aliphatic carbocycles. The summed E-state index contributed by atoms with van der Waals surface area (Å²) in [6, 6.07) is 8.47. The fraction of sp³-hybridized carbons (Fsp3) is 0.429. The highest BCUT2D eigenvalue weighted by Crippen LogP contribution is 2.50. The van der Waals surface area contributed by atoms with E-state index >= 15 is 0 Å². The summed E-state index contributed by atoms with van der Waals surface area (Å²) < 4.78 is 0. The summed E-state index contributed by atoms with van der Waals surface area (Å²) >= 11 is 0. The highest BCUT2D eigenvalue weighted by molar-refractivity contribution is 5.67. The van der Waals surface area contributed by atoms with E-state index in [1.54, 1.807) is 6.92 Å². The van der Waals surface area contributed by atoms with E-state index in [1.165, 1.54) is 12.8 Å². The van der Waals surface area contributed by atoms with E-state index in [1.807, 2.05) is 24.1 Å². The Kier molecular flexibility index (Phi) is 8.75. The minimum absolute atomic E-state index is 0.584. The van der Waals surface area contributed by atoms with Gasteiger partial charge in [-0.05, 0) is 67.6 Å². The molecule has 1 aromatic carbocycles. The largest absolute Gasteiger partial charge is 0.387 e. The smallest absolute Gasteiger partial charge is 0.0905 e. The van der Waals surface area contributed by atoms with Crippen LogP contribution >= 0.6 is 0 Å². The normalized spacial score (nSPS) is 21.7. The van der Waals surface area contributed by atoms with E-state index in [-0.39, 0.29) is 0 Å². The number of hydrogen-bond acceptors (Lipinski definition) is 2. The van der Waals surface area contributed by atoms with Crippen LogP contribution in [0.1, 0.15) is 58.6 Å². The van der Waals surface area contributed by atoms with Crippen LogP contribution in [0.25, 0.3) is 5.57 Å². The molecule has 3 atom stereocenters. The molecule has 0 spiro atoms. The Hall–Kier alpha value is -2.50. The first-order valence-electron chi connectivity index (χ1n) is 11.1. The molecule has 2 heteroatoms. The van der Waals surface area contributed by atoms with Crippen LogP contribution in [0.5, 0.6) is 0 Å². The SMILES string of the molecule is C=C(/C=C(\C)c1ccc(C#CC2C(CC)C2CC)cc1)CN(/C=C\C)C(=C)[C@H](C)O. The van der Waals surface area contributed by atoms with Gasteiger partial charge in [0.05, 0.1) is 6.10 Å². The van der Waals surface area contributed by atoms with Crippen LogP contribution in [0, 0.1) is 29.6 Å². The van der Waals surface area contributed by atoms with Gasteiger partial charge >= 0.3 is 0 Å². The maximum atomic E-state index is 9.82. The van der Waals surface area contributed by atoms with E-state index in [0.29, 0.717) is 18.2 Å². The highest BCUT2D eigenvalue weighted by Gasteiger charge is 2.45. The summed E-state index contributed by atoms with van der Waals surface area (Å²) in [5.41, 5.74) is 5.02. The molecule has 2 nitrogen and oxygen atoms in total. The van der Waals surface area contributed by atoms with Crippen molar-refractivity contribution in [1.82, 2.24) is 4.90 Å². The third kappa shape index (κ3) is 6.25. The van der Waals surface area contributed by atoms with Gasteiger partial charge in [0.15, 0.2) is 0 Å². The Morgan fingerprint density at radius 3 is 2.27 bits per heavy atom. The van der Waals surface area contributed by atoms with E-state index in [0.717, 1.165) is 34.1 Å². The van der Waals surface area contributed by atoms with E-state index in [4.69, 9.17) is 0 Å². The number of benzene rings is 1. The van der Waals surface area contributed by atoms with Crippen molar-refractivity contribution in [3.05, 3.63) is 78.2 Å². The van der Waals surface area contributed by atoms with Crippen LogP contribution in [0.4, 0.5) is 0 Å². The fourth-order valence-electron chi connectivity index (χ4n) is 4.08. The first-order valence-corrected chi connectivity index (χ1v) is 11.1. The number of rotatable bonds is 9. The molecular weight excluding hydrogens is 366 g/mol. The summed E-state index contributed by atoms with van der Waals surface area (Å²) in [6.45, 7) is 19.1. The zero-order chi connectivity index (χ0) is 22.3. The van der Waals surface area contributed by atoms with Crippen molar-refractivity contribution in [2.75, 3.05) is 6.54 Å². The number of hydrogen-bond donors (Lipinski definition) is 1. The predicted octanol–water partition coefficient (Wildman–Crippen LogP) is 6.41. The average Bonchev–Trinajstić information content (AvgIpc) is 3.43. The van der Waals surface area contributed by atoms with E-state index in [2.05, 4.69) is 76.1 Å². The predicted molar refractivity (Wildman–Crippen MR) is 130 cm³/mol. The molecule has 0 bridgehead atoms. The molecular formula is C28H37NO. The third-order valence-corrected chi connectivity index (χ3v) is 5.97. The lowest BCUT2D eigenvalue weighted by molar-refractivity contribution is 0.200. The molecule has 0 aromatic heterocycles. The van der Waals surface area contributed by atoms with Crippen molar-refractivity contribution in [2.45, 2.75) is 53.6 Å². The van der Waals surface area contributed by atoms with Crippen molar-refractivity contribution in [1.29, 1.82) is 0 Å². The van der Waals surface area contributed by atoms with Crippen LogP contribution in [0.3, 0.4) is 0 Å². The van der Waals surface area contributed by atoms with Gasteiger partial charge in [-0.3, -0.25) is 0 Å². The highest BCUT2D eigenvalue weighted by atomic mass is 16.3. The summed E-state index contributed by atoms with van der Waals surface area (Å²) in [5.74, 6) is 9.04. The lowest BCUT2D eigenvalue weighted by Crippen LogP contribution is -2.24. The van der Waals surface area contributed by atoms with Gasteiger partial charge < -0.3 is 10.0 Å². The molecule has 0 radical (unpaired) electrons. The Balaban J connectivity index is 2.03. The van der Waals surface area contributed by atoms with Gasteiger partial charge in [0.25, 0.3) is 0 Å². The maximum Gasteiger partial charge on any atom is 0.0905 e. The molecule has 1 N–H and O–H groups in total. The Morgan fingerprint density at radius 1 is 1.17 bits per heavy atom. The molecule has 0 heterocycles. The fourth-order valence-corrected chi connectivity index (χ4v) is 4.08. The van der Waals surface area contributed by atoms with Crippen molar-refractivity contribution < 1.29 is 5.11 Å². The number of nitrogens with zero attached hydrogens (tertiary/aromatic N) is 1. The standard InChI is InChI=1S/C28H37NO/c1-8-17-29(22(6)23(7)30)19-20(4)18-21(5)25-14-11-24(12-15-25)13-16-28-26(9-2)27(28)10-3/h8,11-12,14-15,17-18,23,26-28,30H,4,6,9-10,19H2,1-3,5,7H3/b17-8-,21-18+/t23-,26?,27?,28?/m0/s1. The number of aliphatic hydroxyl groups is 1. The van der Waals surface area contributed by atoms with Crippen molar-refractivity contribution >= 4 is 5.57 Å². The number of allylic oxidation sites excluding steroid dienone is 2. The molecule has 2 unspecified atom stereocenters. The monoisotopic (exact) mass is 403 g/mol. The molecule has 1 saturated carbocycles. The Labute approximate surface area is 183 Å². The summed E-state index contributed by atoms with van der Waals surface area (Å²) in [4.78, 5) is 1.93. The zero-order valence-electron chi connectivity index (χ0n) is 19.3. The van der Waals surface area contributed by atoms with Crippen LogP contribution < -0.4 is 0 Å². The minimum atomic E-state index is -0.594. The molecule has 0 aliphatic heterocycles. The summed E-state index contributed by atoms with van der Waals surface area (Å²) in [7, 11) is 0. The second kappa shape index (κ2) is 11.0. The lowest BCUT2D eigenvalue weighted by atomic mass is 10.0. The average molecular weight is 404 g/mol. The third-order valence-electron chi connectivity index (χ3n) is 5.97. The van der Waals surface area contributed by atoms with Crippen molar-refractivity contribution in [2.24, 2.45) is 17.8 Å². The molecule has 0 amide bonds. The van der Waals surface area contributed by atoms with Crippen LogP contribution in [0.15, 0.2) is 67.0 Å². The first kappa shape index (κ1) is 23.8. The molecule has 1 aromatic rings. The van der Waals surface area contributed by atoms with Gasteiger partial charge in [-0.25, -0.2) is 0 Å². The topological polar surface area (TPSA) is 23.5 Å². The van der Waals surface area contributed by atoms with Gasteiger partial charge in [0, 0.05) is 23.7 Å². The maximum absolute atomic E-state index is 9.82. The van der Waals surface area contributed by atoms with Crippen molar-refractivity contribution in [3.63, 3.8) is 0 Å². The summed E-state index contributed by atoms with van der Waals surface area (Å²) in [6.07, 6.45) is 7.83. The Morgan fingerprint density at radius 2 is 1.77 bits per heavy atom. The molecule has 160 valence electrons. The molecule has 0 saturated heterocycles. The van der Waals surface area contributed by atoms with Gasteiger partial charge in [0.1, 0.15) is 0 Å². The molecule has 2 rings (SSSR count). The van der Waals surface area contributed by atoms with Crippen molar-refractivity contribution in [3.8, 4) is 11.8 Å². The van der Waals surface area contributed by atoms with E-state index in [9.17, 15) is 5.11 Å². The number of aliphatic hydroxyl groups excluding tert-OH is 1. The van der Waals surface area contributed by atoms with Gasteiger partial charge in [-0.15, -0.1) is 0 Å². The second-order valence-corrected chi connectivity index (χ2v) is 8.28. The Bertz CT molecular complexity index is 850. The van der Waals surface area contributed by atoms with E-state index < -0.39 is 6.10 Å². The lowest BCUT2D eigenvalue weighted by Gasteiger charge is -2.25. The first-order chi connectivity index (χ1) is 14.3. The van der Waals surface area contributed by atoms with Gasteiger partial charge in [-0.2, -0.15) is 0 Å². The summed E-state index contributed by atoms with van der Waals surface area (Å²) in [5, 5.41) is 9.82.